The van der Waals surface area contributed by atoms with Gasteiger partial charge in [-0.3, -0.25) is 14.4 Å². The number of ketones is 2. The lowest BCUT2D eigenvalue weighted by molar-refractivity contribution is -0.147. The highest BCUT2D eigenvalue weighted by atomic mass is 16.5. The van der Waals surface area contributed by atoms with Gasteiger partial charge in [0, 0.05) is 17.9 Å². The molecule has 3 unspecified atom stereocenters. The molecule has 0 aromatic heterocycles. The number of ether oxygens (including phenoxy) is 1. The van der Waals surface area contributed by atoms with E-state index < -0.39 is 46.2 Å². The van der Waals surface area contributed by atoms with Crippen LogP contribution < -0.4 is 10.5 Å². The molecule has 0 saturated heterocycles. The van der Waals surface area contributed by atoms with Crippen molar-refractivity contribution in [3.8, 4) is 5.75 Å². The molecule has 1 aromatic rings. The van der Waals surface area contributed by atoms with Crippen LogP contribution in [0.15, 0.2) is 35.1 Å². The minimum absolute atomic E-state index is 0.0412. The Morgan fingerprint density at radius 3 is 2.61 bits per heavy atom. The summed E-state index contributed by atoms with van der Waals surface area (Å²) in [5.41, 5.74) is 3.02. The van der Waals surface area contributed by atoms with Gasteiger partial charge in [-0.05, 0) is 30.4 Å². The number of methoxy groups -OCH3 is 1. The first-order valence-corrected chi connectivity index (χ1v) is 8.85. The number of amides is 1. The van der Waals surface area contributed by atoms with Crippen LogP contribution in [-0.4, -0.2) is 45.5 Å². The molecule has 8 heteroatoms. The third-order valence-electron chi connectivity index (χ3n) is 6.00. The zero-order valence-electron chi connectivity index (χ0n) is 15.1. The van der Waals surface area contributed by atoms with Crippen LogP contribution in [0.5, 0.6) is 5.75 Å². The molecule has 3 atom stereocenters. The third kappa shape index (κ3) is 2.18. The highest BCUT2D eigenvalue weighted by molar-refractivity contribution is 6.22. The van der Waals surface area contributed by atoms with E-state index in [9.17, 15) is 29.7 Å². The molecule has 1 amide bonds. The summed E-state index contributed by atoms with van der Waals surface area (Å²) in [5.74, 6) is -5.18. The Labute approximate surface area is 159 Å². The van der Waals surface area contributed by atoms with Crippen LogP contribution >= 0.6 is 0 Å². The Bertz CT molecular complexity index is 1010. The number of hydrogen-bond acceptors (Lipinski definition) is 7. The average Bonchev–Trinajstić information content (AvgIpc) is 2.64. The number of carbonyl (C=O) groups excluding carboxylic acids is 3. The Morgan fingerprint density at radius 1 is 1.25 bits per heavy atom. The van der Waals surface area contributed by atoms with Crippen LogP contribution in [0.1, 0.15) is 24.0 Å². The van der Waals surface area contributed by atoms with E-state index in [1.54, 1.807) is 12.1 Å². The largest absolute Gasteiger partial charge is 0.508 e. The molecule has 0 aliphatic heterocycles. The van der Waals surface area contributed by atoms with Crippen LogP contribution in [-0.2, 0) is 20.8 Å². The predicted molar refractivity (Wildman–Crippen MR) is 96.3 cm³/mol. The first kappa shape index (κ1) is 18.2. The first-order chi connectivity index (χ1) is 13.2. The monoisotopic (exact) mass is 385 g/mol. The molecule has 0 radical (unpaired) electrons. The Hall–Kier alpha value is -3.13. The van der Waals surface area contributed by atoms with Crippen LogP contribution in [0.25, 0.3) is 5.76 Å². The molecule has 8 nitrogen and oxygen atoms in total. The second-order valence-electron chi connectivity index (χ2n) is 7.40. The highest BCUT2D eigenvalue weighted by Gasteiger charge is 2.60. The molecule has 4 rings (SSSR count). The normalized spacial score (nSPS) is 29.2. The number of nitrogens with two attached hydrogens (primary N) is 1. The van der Waals surface area contributed by atoms with Crippen molar-refractivity contribution in [2.75, 3.05) is 7.11 Å². The lowest BCUT2D eigenvalue weighted by Crippen LogP contribution is -2.58. The summed E-state index contributed by atoms with van der Waals surface area (Å²) >= 11 is 0. The molecule has 1 saturated carbocycles. The van der Waals surface area contributed by atoms with E-state index >= 15 is 0 Å². The molecule has 1 fully saturated rings. The second-order valence-corrected chi connectivity index (χ2v) is 7.40. The van der Waals surface area contributed by atoms with E-state index in [0.29, 0.717) is 17.7 Å². The fraction of sp³-hybridized carbons (Fsp3) is 0.350. The zero-order valence-corrected chi connectivity index (χ0v) is 15.1. The number of aliphatic hydroxyl groups is 3. The summed E-state index contributed by atoms with van der Waals surface area (Å²) in [7, 11) is 1.44. The van der Waals surface area contributed by atoms with Crippen LogP contribution in [0.4, 0.5) is 0 Å². The first-order valence-electron chi connectivity index (χ1n) is 8.85. The Morgan fingerprint density at radius 2 is 1.96 bits per heavy atom. The molecule has 0 bridgehead atoms. The zero-order chi connectivity index (χ0) is 20.4. The number of hydrogen-bond donors (Lipinski definition) is 4. The van der Waals surface area contributed by atoms with Gasteiger partial charge in [0.25, 0.3) is 5.91 Å². The molecule has 146 valence electrons. The predicted octanol–water partition coefficient (Wildman–Crippen LogP) is 0.727. The maximum atomic E-state index is 13.3. The van der Waals surface area contributed by atoms with Gasteiger partial charge in [-0.15, -0.1) is 0 Å². The standard InChI is InChI=1S/C20H19NO7/c1-28-12-4-2-3-8-5-9-6-10-7-11(22)15(19(21)26)18(25)20(10,27)17(24)14(9)16(23)13(8)12/h2-4,9-10,23,25,27H,5-7H2,1H3,(H2,21,26). The number of aliphatic hydroxyl groups excluding tert-OH is 2. The summed E-state index contributed by atoms with van der Waals surface area (Å²) in [6, 6.07) is 5.22. The highest BCUT2D eigenvalue weighted by Crippen LogP contribution is 2.51. The quantitative estimate of drug-likeness (QED) is 0.549. The van der Waals surface area contributed by atoms with Gasteiger partial charge in [-0.25, -0.2) is 0 Å². The fourth-order valence-corrected chi connectivity index (χ4v) is 4.71. The number of carbonyl (C=O) groups is 3. The maximum absolute atomic E-state index is 13.3. The number of benzene rings is 1. The van der Waals surface area contributed by atoms with E-state index in [2.05, 4.69) is 0 Å². The van der Waals surface area contributed by atoms with Crippen molar-refractivity contribution in [2.24, 2.45) is 17.6 Å². The van der Waals surface area contributed by atoms with Gasteiger partial charge in [0.2, 0.25) is 5.78 Å². The van der Waals surface area contributed by atoms with Gasteiger partial charge in [0.15, 0.2) is 11.4 Å². The van der Waals surface area contributed by atoms with E-state index in [0.717, 1.165) is 5.56 Å². The summed E-state index contributed by atoms with van der Waals surface area (Å²) in [4.78, 5) is 37.1. The molecular weight excluding hydrogens is 366 g/mol. The number of fused-ring (bicyclic) bond motifs is 3. The topological polar surface area (TPSA) is 147 Å². The van der Waals surface area contributed by atoms with Crippen LogP contribution in [0.2, 0.25) is 0 Å². The van der Waals surface area contributed by atoms with Crippen molar-refractivity contribution in [3.05, 3.63) is 46.2 Å². The SMILES string of the molecule is COc1cccc2c1C(O)=C1C(=O)C3(O)C(O)=C(C(N)=O)C(=O)CC3CC1C2. The summed E-state index contributed by atoms with van der Waals surface area (Å²) in [6.07, 6.45) is 0.297. The fourth-order valence-electron chi connectivity index (χ4n) is 4.71. The van der Waals surface area contributed by atoms with Crippen LogP contribution in [0, 0.1) is 11.8 Å². The van der Waals surface area contributed by atoms with Gasteiger partial charge < -0.3 is 25.8 Å². The van der Waals surface area contributed by atoms with Crippen LogP contribution in [0.3, 0.4) is 0 Å². The van der Waals surface area contributed by atoms with Crippen molar-refractivity contribution < 1.29 is 34.4 Å². The minimum Gasteiger partial charge on any atom is -0.508 e. The van der Waals surface area contributed by atoms with Crippen molar-refractivity contribution in [1.82, 2.24) is 0 Å². The molecule has 1 aromatic carbocycles. The summed E-state index contributed by atoms with van der Waals surface area (Å²) in [5, 5.41) is 32.4. The van der Waals surface area contributed by atoms with Gasteiger partial charge in [-0.2, -0.15) is 0 Å². The number of rotatable bonds is 2. The summed E-state index contributed by atoms with van der Waals surface area (Å²) < 4.78 is 5.28. The summed E-state index contributed by atoms with van der Waals surface area (Å²) in [6.45, 7) is 0. The minimum atomic E-state index is -2.47. The van der Waals surface area contributed by atoms with Crippen molar-refractivity contribution in [3.63, 3.8) is 0 Å². The van der Waals surface area contributed by atoms with E-state index in [1.807, 2.05) is 6.07 Å². The van der Waals surface area contributed by atoms with E-state index in [4.69, 9.17) is 10.5 Å². The maximum Gasteiger partial charge on any atom is 0.255 e. The lowest BCUT2D eigenvalue weighted by Gasteiger charge is -2.46. The molecule has 0 spiro atoms. The lowest BCUT2D eigenvalue weighted by atomic mass is 9.59. The number of Topliss-reactive ketones (excluding diaryl/α,β-unsaturated/α-hetero) is 2. The molecule has 28 heavy (non-hydrogen) atoms. The van der Waals surface area contributed by atoms with Crippen molar-refractivity contribution in [1.29, 1.82) is 0 Å². The Kier molecular flexibility index (Phi) is 3.87. The van der Waals surface area contributed by atoms with E-state index in [-0.39, 0.29) is 24.2 Å². The van der Waals surface area contributed by atoms with Gasteiger partial charge in [-0.1, -0.05) is 12.1 Å². The number of primary amides is 1. The van der Waals surface area contributed by atoms with Gasteiger partial charge in [0.1, 0.15) is 22.8 Å². The molecule has 0 heterocycles. The average molecular weight is 385 g/mol. The molecule has 3 aliphatic rings. The van der Waals surface area contributed by atoms with E-state index in [1.165, 1.54) is 7.11 Å². The van der Waals surface area contributed by atoms with Crippen molar-refractivity contribution in [2.45, 2.75) is 24.9 Å². The second kappa shape index (κ2) is 5.93. The molecular formula is C20H19NO7. The smallest absolute Gasteiger partial charge is 0.255 e. The Balaban J connectivity index is 1.93. The van der Waals surface area contributed by atoms with Gasteiger partial charge in [0.05, 0.1) is 12.7 Å². The van der Waals surface area contributed by atoms with Gasteiger partial charge >= 0.3 is 0 Å². The third-order valence-corrected chi connectivity index (χ3v) is 6.00. The van der Waals surface area contributed by atoms with Crippen molar-refractivity contribution >= 4 is 23.2 Å². The molecule has 5 N–H and O–H groups in total. The molecule has 3 aliphatic carbocycles.